The predicted molar refractivity (Wildman–Crippen MR) is 75.4 cm³/mol. The minimum atomic E-state index is -1.04. The molecular weight excluding hydrogens is 310 g/mol. The third kappa shape index (κ3) is 3.23. The van der Waals surface area contributed by atoms with Crippen molar-refractivity contribution in [3.05, 3.63) is 46.0 Å². The van der Waals surface area contributed by atoms with Gasteiger partial charge in [0.1, 0.15) is 0 Å². The molecule has 1 aromatic carbocycles. The first-order valence-corrected chi connectivity index (χ1v) is 6.76. The van der Waals surface area contributed by atoms with E-state index in [9.17, 15) is 9.59 Å². The molecule has 2 rings (SSSR count). The highest BCUT2D eigenvalue weighted by molar-refractivity contribution is 9.10. The molecule has 0 aromatic heterocycles. The Kier molecular flexibility index (Phi) is 4.04. The lowest BCUT2D eigenvalue weighted by atomic mass is 10.0. The second-order valence-corrected chi connectivity index (χ2v) is 5.49. The van der Waals surface area contributed by atoms with Crippen molar-refractivity contribution in [2.75, 3.05) is 13.1 Å². The number of amides is 1. The average molecular weight is 324 g/mol. The molecule has 1 aromatic rings. The van der Waals surface area contributed by atoms with Crippen molar-refractivity contribution < 1.29 is 14.7 Å². The number of benzene rings is 1. The third-order valence-electron chi connectivity index (χ3n) is 3.15. The van der Waals surface area contributed by atoms with Gasteiger partial charge in [0, 0.05) is 23.1 Å². The van der Waals surface area contributed by atoms with Crippen LogP contribution in [0.2, 0.25) is 0 Å². The van der Waals surface area contributed by atoms with E-state index < -0.39 is 5.97 Å². The van der Waals surface area contributed by atoms with E-state index in [0.29, 0.717) is 23.1 Å². The zero-order valence-corrected chi connectivity index (χ0v) is 11.9. The van der Waals surface area contributed by atoms with Crippen LogP contribution >= 0.6 is 15.9 Å². The highest BCUT2D eigenvalue weighted by Gasteiger charge is 2.20. The largest absolute Gasteiger partial charge is 0.478 e. The van der Waals surface area contributed by atoms with Crippen molar-refractivity contribution in [3.8, 4) is 0 Å². The number of likely N-dealkylation sites (tertiary alicyclic amines) is 1. The Morgan fingerprint density at radius 1 is 1.16 bits per heavy atom. The van der Waals surface area contributed by atoms with Crippen LogP contribution in [0.3, 0.4) is 0 Å². The summed E-state index contributed by atoms with van der Waals surface area (Å²) in [4.78, 5) is 25.0. The Hall–Kier alpha value is -1.62. The molecule has 1 aliphatic heterocycles. The summed E-state index contributed by atoms with van der Waals surface area (Å²) in [6.45, 7) is 5.20. The zero-order chi connectivity index (χ0) is 14.0. The Bertz CT molecular complexity index is 544. The Balaban J connectivity index is 2.23. The average Bonchev–Trinajstić information content (AvgIpc) is 2.38. The first kappa shape index (κ1) is 13.8. The van der Waals surface area contributed by atoms with E-state index in [4.69, 9.17) is 5.11 Å². The fraction of sp³-hybridized carbons (Fsp3) is 0.286. The fourth-order valence-corrected chi connectivity index (χ4v) is 2.54. The van der Waals surface area contributed by atoms with Gasteiger partial charge in [-0.1, -0.05) is 28.1 Å². The van der Waals surface area contributed by atoms with Crippen LogP contribution in [0, 0.1) is 0 Å². The van der Waals surface area contributed by atoms with Crippen LogP contribution in [-0.2, 0) is 0 Å². The second kappa shape index (κ2) is 5.57. The van der Waals surface area contributed by atoms with Gasteiger partial charge in [-0.3, -0.25) is 4.79 Å². The molecule has 1 amide bonds. The van der Waals surface area contributed by atoms with Crippen molar-refractivity contribution in [3.63, 3.8) is 0 Å². The van der Waals surface area contributed by atoms with E-state index in [1.165, 1.54) is 12.1 Å². The Morgan fingerprint density at radius 3 is 2.32 bits per heavy atom. The second-order valence-electron chi connectivity index (χ2n) is 4.58. The Labute approximate surface area is 119 Å². The molecule has 4 nitrogen and oxygen atoms in total. The molecule has 0 spiro atoms. The molecule has 1 aliphatic rings. The molecule has 19 heavy (non-hydrogen) atoms. The summed E-state index contributed by atoms with van der Waals surface area (Å²) in [5, 5.41) is 9.00. The van der Waals surface area contributed by atoms with Gasteiger partial charge in [-0.2, -0.15) is 0 Å². The maximum atomic E-state index is 12.3. The van der Waals surface area contributed by atoms with E-state index in [1.807, 2.05) is 0 Å². The molecule has 1 fully saturated rings. The maximum absolute atomic E-state index is 12.3. The van der Waals surface area contributed by atoms with Gasteiger partial charge in [-0.15, -0.1) is 0 Å². The third-order valence-corrected chi connectivity index (χ3v) is 3.61. The number of aromatic carboxylic acids is 1. The van der Waals surface area contributed by atoms with Crippen LogP contribution < -0.4 is 0 Å². The van der Waals surface area contributed by atoms with E-state index >= 15 is 0 Å². The van der Waals surface area contributed by atoms with E-state index in [2.05, 4.69) is 22.5 Å². The van der Waals surface area contributed by atoms with Gasteiger partial charge in [-0.05, 0) is 31.0 Å². The number of carbonyl (C=O) groups excluding carboxylic acids is 1. The van der Waals surface area contributed by atoms with Crippen LogP contribution in [-0.4, -0.2) is 35.0 Å². The SMILES string of the molecule is C=C1CCN(C(=O)c2cc(Br)cc(C(=O)O)c2)CC1. The number of halogens is 1. The summed E-state index contributed by atoms with van der Waals surface area (Å²) in [5.41, 5.74) is 1.67. The number of hydrogen-bond donors (Lipinski definition) is 1. The number of carbonyl (C=O) groups is 2. The number of rotatable bonds is 2. The number of nitrogens with zero attached hydrogens (tertiary/aromatic N) is 1. The predicted octanol–water partition coefficient (Wildman–Crippen LogP) is 2.94. The van der Waals surface area contributed by atoms with Crippen LogP contribution in [0.4, 0.5) is 0 Å². The summed E-state index contributed by atoms with van der Waals surface area (Å²) in [5.74, 6) is -1.17. The van der Waals surface area contributed by atoms with Crippen molar-refractivity contribution in [1.29, 1.82) is 0 Å². The van der Waals surface area contributed by atoms with Crippen molar-refractivity contribution in [2.24, 2.45) is 0 Å². The summed E-state index contributed by atoms with van der Waals surface area (Å²) < 4.78 is 0.595. The summed E-state index contributed by atoms with van der Waals surface area (Å²) in [6, 6.07) is 4.55. The van der Waals surface area contributed by atoms with Crippen molar-refractivity contribution in [1.82, 2.24) is 4.90 Å². The lowest BCUT2D eigenvalue weighted by Crippen LogP contribution is -2.36. The molecule has 0 aliphatic carbocycles. The monoisotopic (exact) mass is 323 g/mol. The molecule has 100 valence electrons. The fourth-order valence-electron chi connectivity index (χ4n) is 2.05. The van der Waals surface area contributed by atoms with Crippen LogP contribution in [0.1, 0.15) is 33.6 Å². The summed E-state index contributed by atoms with van der Waals surface area (Å²) in [6.07, 6.45) is 1.62. The molecule has 0 saturated carbocycles. The lowest BCUT2D eigenvalue weighted by molar-refractivity contribution is 0.0697. The van der Waals surface area contributed by atoms with Crippen LogP contribution in [0.5, 0.6) is 0 Å². The maximum Gasteiger partial charge on any atom is 0.335 e. The van der Waals surface area contributed by atoms with E-state index in [-0.39, 0.29) is 11.5 Å². The Morgan fingerprint density at radius 2 is 1.74 bits per heavy atom. The molecular formula is C14H14BrNO3. The molecule has 5 heteroatoms. The summed E-state index contributed by atoms with van der Waals surface area (Å²) in [7, 11) is 0. The normalized spacial score (nSPS) is 15.4. The van der Waals surface area contributed by atoms with Crippen LogP contribution in [0.15, 0.2) is 34.8 Å². The molecule has 0 unspecified atom stereocenters. The quantitative estimate of drug-likeness (QED) is 0.851. The first-order chi connectivity index (χ1) is 8.97. The van der Waals surface area contributed by atoms with Gasteiger partial charge in [-0.25, -0.2) is 4.79 Å². The minimum Gasteiger partial charge on any atom is -0.478 e. The highest BCUT2D eigenvalue weighted by atomic mass is 79.9. The number of piperidine rings is 1. The molecule has 1 saturated heterocycles. The number of carboxylic acid groups (broad SMARTS) is 1. The minimum absolute atomic E-state index is 0.110. The van der Waals surface area contributed by atoms with Gasteiger partial charge < -0.3 is 10.0 Å². The van der Waals surface area contributed by atoms with E-state index in [0.717, 1.165) is 18.4 Å². The van der Waals surface area contributed by atoms with Crippen LogP contribution in [0.25, 0.3) is 0 Å². The van der Waals surface area contributed by atoms with Gasteiger partial charge in [0.05, 0.1) is 5.56 Å². The molecule has 0 atom stereocenters. The highest BCUT2D eigenvalue weighted by Crippen LogP contribution is 2.20. The molecule has 0 radical (unpaired) electrons. The summed E-state index contributed by atoms with van der Waals surface area (Å²) >= 11 is 3.23. The standard InChI is InChI=1S/C14H14BrNO3/c1-9-2-4-16(5-3-9)13(17)10-6-11(14(18)19)8-12(15)7-10/h6-8H,1-5H2,(H,18,19). The lowest BCUT2D eigenvalue weighted by Gasteiger charge is -2.28. The van der Waals surface area contributed by atoms with Crippen molar-refractivity contribution in [2.45, 2.75) is 12.8 Å². The number of hydrogen-bond acceptors (Lipinski definition) is 2. The smallest absolute Gasteiger partial charge is 0.335 e. The molecule has 1 N–H and O–H groups in total. The van der Waals surface area contributed by atoms with Gasteiger partial charge in [0.15, 0.2) is 0 Å². The molecule has 0 bridgehead atoms. The van der Waals surface area contributed by atoms with Gasteiger partial charge in [0.25, 0.3) is 5.91 Å². The van der Waals surface area contributed by atoms with E-state index in [1.54, 1.807) is 11.0 Å². The van der Waals surface area contributed by atoms with Gasteiger partial charge in [0.2, 0.25) is 0 Å². The van der Waals surface area contributed by atoms with Gasteiger partial charge >= 0.3 is 5.97 Å². The molecule has 1 heterocycles. The first-order valence-electron chi connectivity index (χ1n) is 5.97. The topological polar surface area (TPSA) is 57.6 Å². The van der Waals surface area contributed by atoms with Crippen molar-refractivity contribution >= 4 is 27.8 Å². The zero-order valence-electron chi connectivity index (χ0n) is 10.4. The number of carboxylic acids is 1.